The smallest absolute Gasteiger partial charge is 0.228 e. The number of benzene rings is 1. The first-order chi connectivity index (χ1) is 10.0. The Morgan fingerprint density at radius 2 is 2.19 bits per heavy atom. The maximum atomic E-state index is 12.9. The normalized spacial score (nSPS) is 10.2. The minimum Gasteiger partial charge on any atom is -0.491 e. The minimum absolute atomic E-state index is 0.142. The average molecular weight is 309 g/mol. The third-order valence-corrected chi connectivity index (χ3v) is 2.95. The summed E-state index contributed by atoms with van der Waals surface area (Å²) in [5.41, 5.74) is 1.02. The highest BCUT2D eigenvalue weighted by Crippen LogP contribution is 2.24. The predicted molar refractivity (Wildman–Crippen MR) is 79.1 cm³/mol. The fourth-order valence-corrected chi connectivity index (χ4v) is 1.81. The van der Waals surface area contributed by atoms with Crippen molar-refractivity contribution in [3.8, 4) is 5.75 Å². The largest absolute Gasteiger partial charge is 0.491 e. The van der Waals surface area contributed by atoms with Crippen molar-refractivity contribution in [2.24, 2.45) is 0 Å². The third kappa shape index (κ3) is 4.72. The summed E-state index contributed by atoms with van der Waals surface area (Å²) in [4.78, 5) is 15.8. The first-order valence-electron chi connectivity index (χ1n) is 6.35. The zero-order valence-corrected chi connectivity index (χ0v) is 12.2. The van der Waals surface area contributed by atoms with Crippen molar-refractivity contribution in [3.63, 3.8) is 0 Å². The number of aryl methyl sites for hydroxylation is 1. The van der Waals surface area contributed by atoms with Crippen molar-refractivity contribution in [2.45, 2.75) is 13.3 Å². The number of aromatic nitrogens is 1. The Labute approximate surface area is 126 Å². The molecule has 0 spiro atoms. The molecule has 0 fully saturated rings. The van der Waals surface area contributed by atoms with Crippen LogP contribution in [-0.2, 0) is 4.79 Å². The third-order valence-electron chi connectivity index (χ3n) is 2.66. The van der Waals surface area contributed by atoms with Crippen molar-refractivity contribution in [2.75, 3.05) is 11.9 Å². The quantitative estimate of drug-likeness (QED) is 0.918. The zero-order valence-electron chi connectivity index (χ0n) is 11.4. The van der Waals surface area contributed by atoms with Gasteiger partial charge in [0.25, 0.3) is 0 Å². The van der Waals surface area contributed by atoms with Crippen LogP contribution in [0.2, 0.25) is 5.02 Å². The van der Waals surface area contributed by atoms with Gasteiger partial charge in [-0.3, -0.25) is 4.79 Å². The number of pyridine rings is 1. The highest BCUT2D eigenvalue weighted by Gasteiger charge is 2.06. The molecular weight excluding hydrogens is 295 g/mol. The summed E-state index contributed by atoms with van der Waals surface area (Å²) >= 11 is 5.81. The van der Waals surface area contributed by atoms with Crippen molar-refractivity contribution in [3.05, 3.63) is 52.9 Å². The lowest BCUT2D eigenvalue weighted by molar-refractivity contribution is -0.116. The molecule has 110 valence electrons. The van der Waals surface area contributed by atoms with E-state index in [0.29, 0.717) is 11.6 Å². The Morgan fingerprint density at radius 1 is 1.38 bits per heavy atom. The van der Waals surface area contributed by atoms with E-state index in [0.717, 1.165) is 11.6 Å². The molecule has 21 heavy (non-hydrogen) atoms. The Morgan fingerprint density at radius 3 is 2.86 bits per heavy atom. The molecule has 0 atom stereocenters. The number of carbonyl (C=O) groups excluding carboxylic acids is 1. The van der Waals surface area contributed by atoms with Gasteiger partial charge in [0.1, 0.15) is 17.4 Å². The molecule has 0 saturated carbocycles. The van der Waals surface area contributed by atoms with E-state index in [1.165, 1.54) is 12.1 Å². The van der Waals surface area contributed by atoms with Crippen molar-refractivity contribution in [1.29, 1.82) is 0 Å². The van der Waals surface area contributed by atoms with Gasteiger partial charge in [0.2, 0.25) is 5.91 Å². The standard InChI is InChI=1S/C15H14ClFN2O2/c1-10-2-5-14(18-9-10)19-15(20)6-7-21-13-4-3-11(17)8-12(13)16/h2-5,8-9H,6-7H2,1H3,(H,18,19,20). The summed E-state index contributed by atoms with van der Waals surface area (Å²) in [6, 6.07) is 7.42. The van der Waals surface area contributed by atoms with Crippen molar-refractivity contribution >= 4 is 23.3 Å². The first kappa shape index (κ1) is 15.3. The van der Waals surface area contributed by atoms with Crippen LogP contribution < -0.4 is 10.1 Å². The van der Waals surface area contributed by atoms with Crippen LogP contribution in [0.3, 0.4) is 0 Å². The fraction of sp³-hybridized carbons (Fsp3) is 0.200. The molecule has 4 nitrogen and oxygen atoms in total. The maximum absolute atomic E-state index is 12.9. The van der Waals surface area contributed by atoms with E-state index in [-0.39, 0.29) is 24.0 Å². The van der Waals surface area contributed by atoms with Gasteiger partial charge in [-0.05, 0) is 36.8 Å². The number of ether oxygens (including phenoxy) is 1. The molecule has 2 rings (SSSR count). The molecular formula is C15H14ClFN2O2. The molecule has 1 aromatic carbocycles. The highest BCUT2D eigenvalue weighted by molar-refractivity contribution is 6.32. The summed E-state index contributed by atoms with van der Waals surface area (Å²) < 4.78 is 18.2. The Balaban J connectivity index is 1.80. The van der Waals surface area contributed by atoms with Gasteiger partial charge in [-0.1, -0.05) is 17.7 Å². The number of halogens is 2. The Bertz CT molecular complexity index is 632. The molecule has 2 aromatic rings. The van der Waals surface area contributed by atoms with E-state index in [9.17, 15) is 9.18 Å². The van der Waals surface area contributed by atoms with Crippen LogP contribution in [-0.4, -0.2) is 17.5 Å². The first-order valence-corrected chi connectivity index (χ1v) is 6.73. The highest BCUT2D eigenvalue weighted by atomic mass is 35.5. The van der Waals surface area contributed by atoms with Gasteiger partial charge in [0.05, 0.1) is 18.1 Å². The lowest BCUT2D eigenvalue weighted by Gasteiger charge is -2.08. The van der Waals surface area contributed by atoms with Crippen LogP contribution >= 0.6 is 11.6 Å². The van der Waals surface area contributed by atoms with Crippen LogP contribution in [0, 0.1) is 12.7 Å². The summed E-state index contributed by atoms with van der Waals surface area (Å²) in [7, 11) is 0. The summed E-state index contributed by atoms with van der Waals surface area (Å²) in [5.74, 6) is 0.185. The Kier molecular flexibility index (Phi) is 5.11. The molecule has 1 aromatic heterocycles. The van der Waals surface area contributed by atoms with E-state index < -0.39 is 5.82 Å². The fourth-order valence-electron chi connectivity index (χ4n) is 1.59. The number of amides is 1. The molecule has 0 saturated heterocycles. The summed E-state index contributed by atoms with van der Waals surface area (Å²) in [6.07, 6.45) is 1.81. The van der Waals surface area contributed by atoms with Gasteiger partial charge in [-0.2, -0.15) is 0 Å². The molecule has 1 heterocycles. The maximum Gasteiger partial charge on any atom is 0.228 e. The predicted octanol–water partition coefficient (Wildman–Crippen LogP) is 3.59. The lowest BCUT2D eigenvalue weighted by Crippen LogP contribution is -2.16. The topological polar surface area (TPSA) is 51.2 Å². The van der Waals surface area contributed by atoms with Gasteiger partial charge in [-0.25, -0.2) is 9.37 Å². The van der Waals surface area contributed by atoms with Gasteiger partial charge in [0, 0.05) is 6.20 Å². The number of carbonyl (C=O) groups is 1. The van der Waals surface area contributed by atoms with Crippen LogP contribution in [0.4, 0.5) is 10.2 Å². The number of nitrogens with zero attached hydrogens (tertiary/aromatic N) is 1. The van der Waals surface area contributed by atoms with Gasteiger partial charge >= 0.3 is 0 Å². The molecule has 0 aliphatic carbocycles. The Hall–Kier alpha value is -2.14. The molecule has 0 unspecified atom stereocenters. The summed E-state index contributed by atoms with van der Waals surface area (Å²) in [5, 5.41) is 2.83. The molecule has 0 radical (unpaired) electrons. The zero-order chi connectivity index (χ0) is 15.2. The van der Waals surface area contributed by atoms with Crippen molar-refractivity contribution < 1.29 is 13.9 Å². The summed E-state index contributed by atoms with van der Waals surface area (Å²) in [6.45, 7) is 2.06. The number of rotatable bonds is 5. The van der Waals surface area contributed by atoms with Crippen LogP contribution in [0.5, 0.6) is 5.75 Å². The molecule has 0 bridgehead atoms. The van der Waals surface area contributed by atoms with Crippen LogP contribution in [0.15, 0.2) is 36.5 Å². The van der Waals surface area contributed by atoms with Crippen LogP contribution in [0.1, 0.15) is 12.0 Å². The lowest BCUT2D eigenvalue weighted by atomic mass is 10.3. The molecule has 1 N–H and O–H groups in total. The second-order valence-corrected chi connectivity index (χ2v) is 4.85. The second-order valence-electron chi connectivity index (χ2n) is 4.44. The number of nitrogens with one attached hydrogen (secondary N) is 1. The molecule has 6 heteroatoms. The van der Waals surface area contributed by atoms with E-state index in [1.807, 2.05) is 13.0 Å². The van der Waals surface area contributed by atoms with Crippen molar-refractivity contribution in [1.82, 2.24) is 4.98 Å². The molecule has 0 aliphatic rings. The molecule has 0 aliphatic heterocycles. The van der Waals surface area contributed by atoms with Gasteiger partial charge in [0.15, 0.2) is 0 Å². The molecule has 1 amide bonds. The van der Waals surface area contributed by atoms with E-state index in [1.54, 1.807) is 12.3 Å². The van der Waals surface area contributed by atoms with E-state index in [4.69, 9.17) is 16.3 Å². The number of hydrogen-bond donors (Lipinski definition) is 1. The second kappa shape index (κ2) is 7.04. The van der Waals surface area contributed by atoms with Gasteiger partial charge in [-0.15, -0.1) is 0 Å². The average Bonchev–Trinajstić information content (AvgIpc) is 2.44. The van der Waals surface area contributed by atoms with Crippen LogP contribution in [0.25, 0.3) is 0 Å². The number of hydrogen-bond acceptors (Lipinski definition) is 3. The minimum atomic E-state index is -0.435. The monoisotopic (exact) mass is 308 g/mol. The van der Waals surface area contributed by atoms with E-state index >= 15 is 0 Å². The van der Waals surface area contributed by atoms with Gasteiger partial charge < -0.3 is 10.1 Å². The number of anilines is 1. The SMILES string of the molecule is Cc1ccc(NC(=O)CCOc2ccc(F)cc2Cl)nc1. The van der Waals surface area contributed by atoms with E-state index in [2.05, 4.69) is 10.3 Å².